The highest BCUT2D eigenvalue weighted by Gasteiger charge is 2.34. The van der Waals surface area contributed by atoms with Crippen LogP contribution in [0.2, 0.25) is 0 Å². The van der Waals surface area contributed by atoms with Gasteiger partial charge in [-0.3, -0.25) is 14.5 Å². The van der Waals surface area contributed by atoms with Gasteiger partial charge in [-0.2, -0.15) is 0 Å². The average molecular weight is 246 g/mol. The Morgan fingerprint density at radius 2 is 2.29 bits per heavy atom. The maximum Gasteiger partial charge on any atom is 0.294 e. The zero-order chi connectivity index (χ0) is 12.4. The van der Waals surface area contributed by atoms with E-state index >= 15 is 0 Å². The Morgan fingerprint density at radius 3 is 2.88 bits per heavy atom. The molecule has 0 aliphatic carbocycles. The summed E-state index contributed by atoms with van der Waals surface area (Å²) < 4.78 is 1.87. The topological polar surface area (TPSA) is 42.3 Å². The van der Waals surface area contributed by atoms with Gasteiger partial charge in [0.1, 0.15) is 0 Å². The van der Waals surface area contributed by atoms with Crippen LogP contribution >= 0.6 is 11.8 Å². The van der Waals surface area contributed by atoms with Crippen LogP contribution in [0.5, 0.6) is 0 Å². The molecule has 0 unspecified atom stereocenters. The normalized spacial score (nSPS) is 17.9. The fourth-order valence-electron chi connectivity index (χ4n) is 1.49. The highest BCUT2D eigenvalue weighted by atomic mass is 32.2. The summed E-state index contributed by atoms with van der Waals surface area (Å²) in [6.07, 6.45) is 10.5. The fraction of sp³-hybridized carbons (Fsp3) is 0.167. The predicted molar refractivity (Wildman–Crippen MR) is 66.9 cm³/mol. The van der Waals surface area contributed by atoms with Gasteiger partial charge in [-0.25, -0.2) is 0 Å². The molecule has 0 bridgehead atoms. The Balaban J connectivity index is 2.25. The number of hydrogen-bond acceptors (Lipinski definition) is 3. The first-order valence-corrected chi connectivity index (χ1v) is 5.74. The van der Waals surface area contributed by atoms with E-state index in [-0.39, 0.29) is 17.7 Å². The molecule has 2 rings (SSSR count). The van der Waals surface area contributed by atoms with Gasteiger partial charge >= 0.3 is 0 Å². The molecule has 1 saturated heterocycles. The molecule has 5 heteroatoms. The fourth-order valence-corrected chi connectivity index (χ4v) is 2.33. The summed E-state index contributed by atoms with van der Waals surface area (Å²) in [5.41, 5.74) is 0.888. The summed E-state index contributed by atoms with van der Waals surface area (Å²) >= 11 is 0.920. The number of carbonyl (C=O) groups excluding carboxylic acids is 2. The van der Waals surface area contributed by atoms with Gasteiger partial charge in [0, 0.05) is 19.4 Å². The molecular formula is C12H10N2O2S. The smallest absolute Gasteiger partial charge is 0.294 e. The van der Waals surface area contributed by atoms with E-state index in [0.717, 1.165) is 22.2 Å². The zero-order valence-electron chi connectivity index (χ0n) is 9.21. The Labute approximate surface area is 103 Å². The van der Waals surface area contributed by atoms with Gasteiger partial charge in [0.05, 0.1) is 11.4 Å². The molecule has 17 heavy (non-hydrogen) atoms. The van der Waals surface area contributed by atoms with Crippen molar-refractivity contribution < 1.29 is 9.59 Å². The van der Waals surface area contributed by atoms with Gasteiger partial charge in [0.25, 0.3) is 11.1 Å². The van der Waals surface area contributed by atoms with E-state index in [1.807, 2.05) is 30.1 Å². The summed E-state index contributed by atoms with van der Waals surface area (Å²) in [6.45, 7) is 0.0246. The van der Waals surface area contributed by atoms with Gasteiger partial charge in [-0.05, 0) is 29.5 Å². The molecule has 2 heterocycles. The molecule has 4 nitrogen and oxygen atoms in total. The van der Waals surface area contributed by atoms with Gasteiger partial charge in [0.15, 0.2) is 0 Å². The molecule has 0 saturated carbocycles. The second-order valence-electron chi connectivity index (χ2n) is 3.58. The molecule has 0 N–H and O–H groups in total. The van der Waals surface area contributed by atoms with Crippen molar-refractivity contribution in [3.63, 3.8) is 0 Å². The summed E-state index contributed by atoms with van der Waals surface area (Å²) in [5.74, 6) is 1.98. The molecule has 0 spiro atoms. The molecule has 0 atom stereocenters. The van der Waals surface area contributed by atoms with Crippen molar-refractivity contribution >= 4 is 29.0 Å². The molecule has 86 valence electrons. The number of aryl methyl sites for hydroxylation is 1. The third kappa shape index (κ3) is 2.27. The largest absolute Gasteiger partial charge is 0.357 e. The van der Waals surface area contributed by atoms with Crippen LogP contribution in [0.15, 0.2) is 23.4 Å². The van der Waals surface area contributed by atoms with Crippen molar-refractivity contribution in [2.75, 3.05) is 6.54 Å². The molecule has 1 aliphatic rings. The van der Waals surface area contributed by atoms with Gasteiger partial charge in [0.2, 0.25) is 0 Å². The Kier molecular flexibility index (Phi) is 3.07. The number of rotatable bonds is 2. The average Bonchev–Trinajstić information content (AvgIpc) is 2.79. The minimum atomic E-state index is -0.318. The maximum atomic E-state index is 11.8. The van der Waals surface area contributed by atoms with Crippen LogP contribution in [0, 0.1) is 12.3 Å². The second kappa shape index (κ2) is 4.52. The van der Waals surface area contributed by atoms with Crippen LogP contribution in [-0.2, 0) is 11.8 Å². The van der Waals surface area contributed by atoms with E-state index in [0.29, 0.717) is 4.91 Å². The van der Waals surface area contributed by atoms with Gasteiger partial charge in [-0.15, -0.1) is 6.42 Å². The summed E-state index contributed by atoms with van der Waals surface area (Å²) in [5, 5.41) is -0.310. The summed E-state index contributed by atoms with van der Waals surface area (Å²) in [7, 11) is 1.89. The molecule has 0 radical (unpaired) electrons. The lowest BCUT2D eigenvalue weighted by Gasteiger charge is -2.06. The van der Waals surface area contributed by atoms with Crippen molar-refractivity contribution in [1.29, 1.82) is 0 Å². The Bertz CT molecular complexity index is 551. The first kappa shape index (κ1) is 11.6. The summed E-state index contributed by atoms with van der Waals surface area (Å²) in [6, 6.07) is 1.87. The lowest BCUT2D eigenvalue weighted by molar-refractivity contribution is -0.122. The molecule has 1 aromatic heterocycles. The van der Waals surface area contributed by atoms with E-state index in [9.17, 15) is 9.59 Å². The molecule has 2 amide bonds. The van der Waals surface area contributed by atoms with Crippen molar-refractivity contribution in [2.24, 2.45) is 7.05 Å². The number of carbonyl (C=O) groups is 2. The number of aromatic nitrogens is 1. The Hall–Kier alpha value is -1.93. The van der Waals surface area contributed by atoms with Crippen LogP contribution < -0.4 is 0 Å². The van der Waals surface area contributed by atoms with Gasteiger partial charge < -0.3 is 4.57 Å². The Morgan fingerprint density at radius 1 is 1.53 bits per heavy atom. The maximum absolute atomic E-state index is 11.8. The van der Waals surface area contributed by atoms with Crippen LogP contribution in [0.25, 0.3) is 6.08 Å². The van der Waals surface area contributed by atoms with Crippen molar-refractivity contribution in [3.8, 4) is 12.3 Å². The van der Waals surface area contributed by atoms with E-state index < -0.39 is 0 Å². The number of imide groups is 1. The molecule has 1 fully saturated rings. The quantitative estimate of drug-likeness (QED) is 0.589. The number of thioether (sulfide) groups is 1. The minimum absolute atomic E-state index is 0.0246. The molecule has 1 aliphatic heterocycles. The predicted octanol–water partition coefficient (Wildman–Crippen LogP) is 1.69. The monoisotopic (exact) mass is 246 g/mol. The zero-order valence-corrected chi connectivity index (χ0v) is 10.0. The third-order valence-corrected chi connectivity index (χ3v) is 3.18. The lowest BCUT2D eigenvalue weighted by atomic mass is 10.3. The molecule has 1 aromatic rings. The van der Waals surface area contributed by atoms with Crippen LogP contribution in [-0.4, -0.2) is 27.2 Å². The standard InChI is InChI=1S/C12H10N2O2S/c1-3-5-14-11(15)10(17-12(14)16)7-9-4-6-13(2)8-9/h1,4,6-8H,5H2,2H3/b10-7+. The van der Waals surface area contributed by atoms with Crippen molar-refractivity contribution in [1.82, 2.24) is 9.47 Å². The molecular weight excluding hydrogens is 236 g/mol. The van der Waals surface area contributed by atoms with Crippen LogP contribution in [0.4, 0.5) is 4.79 Å². The minimum Gasteiger partial charge on any atom is -0.357 e. The number of amides is 2. The number of terminal acetylenes is 1. The summed E-state index contributed by atoms with van der Waals surface area (Å²) in [4.78, 5) is 24.8. The van der Waals surface area contributed by atoms with Crippen molar-refractivity contribution in [3.05, 3.63) is 28.9 Å². The van der Waals surface area contributed by atoms with Crippen LogP contribution in [0.3, 0.4) is 0 Å². The number of nitrogens with zero attached hydrogens (tertiary/aromatic N) is 2. The first-order chi connectivity index (χ1) is 8.11. The van der Waals surface area contributed by atoms with Crippen LogP contribution in [0.1, 0.15) is 5.56 Å². The second-order valence-corrected chi connectivity index (χ2v) is 4.58. The van der Waals surface area contributed by atoms with Crippen molar-refractivity contribution in [2.45, 2.75) is 0 Å². The lowest BCUT2D eigenvalue weighted by Crippen LogP contribution is -2.28. The van der Waals surface area contributed by atoms with Gasteiger partial charge in [-0.1, -0.05) is 5.92 Å². The first-order valence-electron chi connectivity index (χ1n) is 4.92. The third-order valence-electron chi connectivity index (χ3n) is 2.28. The number of hydrogen-bond donors (Lipinski definition) is 0. The highest BCUT2D eigenvalue weighted by molar-refractivity contribution is 8.18. The molecule has 0 aromatic carbocycles. The van der Waals surface area contributed by atoms with E-state index in [1.165, 1.54) is 0 Å². The van der Waals surface area contributed by atoms with E-state index in [2.05, 4.69) is 5.92 Å². The SMILES string of the molecule is C#CCN1C(=O)S/C(=C/c2ccn(C)c2)C1=O. The highest BCUT2D eigenvalue weighted by Crippen LogP contribution is 2.31. The van der Waals surface area contributed by atoms with E-state index in [1.54, 1.807) is 6.08 Å². The van der Waals surface area contributed by atoms with E-state index in [4.69, 9.17) is 6.42 Å².